The van der Waals surface area contributed by atoms with Crippen molar-refractivity contribution < 1.29 is 27.4 Å². The molecule has 0 radical (unpaired) electrons. The van der Waals surface area contributed by atoms with Crippen LogP contribution in [0.4, 0.5) is 5.69 Å². The van der Waals surface area contributed by atoms with Gasteiger partial charge in [0.25, 0.3) is 5.91 Å². The lowest BCUT2D eigenvalue weighted by atomic mass is 10.1. The van der Waals surface area contributed by atoms with Crippen molar-refractivity contribution in [1.29, 1.82) is 0 Å². The van der Waals surface area contributed by atoms with Crippen molar-refractivity contribution >= 4 is 33.2 Å². The zero-order chi connectivity index (χ0) is 23.0. The third-order valence-electron chi connectivity index (χ3n) is 4.47. The van der Waals surface area contributed by atoms with Gasteiger partial charge in [0.2, 0.25) is 10.0 Å². The van der Waals surface area contributed by atoms with Gasteiger partial charge in [-0.3, -0.25) is 9.10 Å². The zero-order valence-corrected chi connectivity index (χ0v) is 19.5. The van der Waals surface area contributed by atoms with E-state index in [1.807, 2.05) is 0 Å². The zero-order valence-electron chi connectivity index (χ0n) is 18.0. The predicted octanol–water partition coefficient (Wildman–Crippen LogP) is 3.09. The fraction of sp³-hybridized carbons (Fsp3) is 0.381. The molecule has 0 aliphatic rings. The van der Waals surface area contributed by atoms with Crippen LogP contribution < -0.4 is 19.1 Å². The summed E-state index contributed by atoms with van der Waals surface area (Å²) in [5, 5.41) is 3.33. The highest BCUT2D eigenvalue weighted by molar-refractivity contribution is 7.92. The van der Waals surface area contributed by atoms with Crippen LogP contribution in [0.2, 0.25) is 5.02 Å². The van der Waals surface area contributed by atoms with Crippen molar-refractivity contribution in [3.63, 3.8) is 0 Å². The lowest BCUT2D eigenvalue weighted by molar-refractivity contribution is 0.0949. The average molecular weight is 471 g/mol. The summed E-state index contributed by atoms with van der Waals surface area (Å²) in [6.07, 6.45) is 1.70. The standard InChI is InChI=1S/C21H27ClN2O6S/c1-28-11-5-10-23-21(25)17-12-19(29-2)20(30-3)13-18(17)24(31(4,26)27)14-15-6-8-16(22)9-7-15/h6-9,12-13H,5,10-11,14H2,1-4H3,(H,23,25). The predicted molar refractivity (Wildman–Crippen MR) is 121 cm³/mol. The molecule has 0 aromatic heterocycles. The lowest BCUT2D eigenvalue weighted by Crippen LogP contribution is -2.33. The number of methoxy groups -OCH3 is 3. The van der Waals surface area contributed by atoms with Crippen LogP contribution in [0.3, 0.4) is 0 Å². The van der Waals surface area contributed by atoms with Crippen molar-refractivity contribution in [2.45, 2.75) is 13.0 Å². The van der Waals surface area contributed by atoms with Crippen LogP contribution in [0.25, 0.3) is 0 Å². The van der Waals surface area contributed by atoms with Gasteiger partial charge in [-0.2, -0.15) is 0 Å². The fourth-order valence-electron chi connectivity index (χ4n) is 2.91. The molecule has 1 amide bonds. The van der Waals surface area contributed by atoms with Gasteiger partial charge in [-0.25, -0.2) is 8.42 Å². The molecule has 0 spiro atoms. The molecule has 2 rings (SSSR count). The summed E-state index contributed by atoms with van der Waals surface area (Å²) >= 11 is 5.94. The Bertz CT molecular complexity index is 996. The minimum absolute atomic E-state index is 0.00937. The van der Waals surface area contributed by atoms with Crippen LogP contribution in [-0.4, -0.2) is 55.1 Å². The quantitative estimate of drug-likeness (QED) is 0.507. The van der Waals surface area contributed by atoms with Gasteiger partial charge in [-0.15, -0.1) is 0 Å². The SMILES string of the molecule is COCCCNC(=O)c1cc(OC)c(OC)cc1N(Cc1ccc(Cl)cc1)S(C)(=O)=O. The molecule has 31 heavy (non-hydrogen) atoms. The number of benzene rings is 2. The topological polar surface area (TPSA) is 94.2 Å². The van der Waals surface area contributed by atoms with Crippen LogP contribution in [0, 0.1) is 0 Å². The first kappa shape index (κ1) is 24.8. The molecule has 2 aromatic rings. The summed E-state index contributed by atoms with van der Waals surface area (Å²) in [4.78, 5) is 12.9. The van der Waals surface area contributed by atoms with E-state index in [0.717, 1.165) is 10.6 Å². The Labute approximate surface area is 188 Å². The van der Waals surface area contributed by atoms with Gasteiger partial charge in [0.15, 0.2) is 11.5 Å². The van der Waals surface area contributed by atoms with E-state index in [1.54, 1.807) is 31.4 Å². The normalized spacial score (nSPS) is 11.1. The van der Waals surface area contributed by atoms with E-state index in [9.17, 15) is 13.2 Å². The molecule has 0 fully saturated rings. The first-order valence-corrected chi connectivity index (χ1v) is 11.7. The molecule has 0 unspecified atom stereocenters. The maximum atomic E-state index is 12.9. The smallest absolute Gasteiger partial charge is 0.253 e. The van der Waals surface area contributed by atoms with Crippen LogP contribution in [0.1, 0.15) is 22.3 Å². The minimum atomic E-state index is -3.75. The Morgan fingerprint density at radius 3 is 2.23 bits per heavy atom. The lowest BCUT2D eigenvalue weighted by Gasteiger charge is -2.26. The number of carbonyl (C=O) groups excluding carboxylic acids is 1. The van der Waals surface area contributed by atoms with Crippen molar-refractivity contribution in [3.8, 4) is 11.5 Å². The maximum Gasteiger partial charge on any atom is 0.253 e. The van der Waals surface area contributed by atoms with E-state index in [1.165, 1.54) is 26.4 Å². The van der Waals surface area contributed by atoms with E-state index < -0.39 is 15.9 Å². The molecule has 0 bridgehead atoms. The molecule has 0 saturated carbocycles. The Morgan fingerprint density at radius 2 is 1.68 bits per heavy atom. The highest BCUT2D eigenvalue weighted by atomic mass is 35.5. The number of hydrogen-bond donors (Lipinski definition) is 1. The monoisotopic (exact) mass is 470 g/mol. The summed E-state index contributed by atoms with van der Waals surface area (Å²) in [5.41, 5.74) is 1.03. The van der Waals surface area contributed by atoms with Crippen molar-refractivity contribution in [1.82, 2.24) is 5.32 Å². The Kier molecular flexibility index (Phi) is 8.97. The summed E-state index contributed by atoms with van der Waals surface area (Å²) < 4.78 is 42.2. The van der Waals surface area contributed by atoms with Gasteiger partial charge < -0.3 is 19.5 Å². The van der Waals surface area contributed by atoms with Gasteiger partial charge in [-0.05, 0) is 30.2 Å². The third kappa shape index (κ3) is 6.75. The molecular weight excluding hydrogens is 444 g/mol. The van der Waals surface area contributed by atoms with Crippen LogP contribution in [0.15, 0.2) is 36.4 Å². The third-order valence-corrected chi connectivity index (χ3v) is 5.84. The molecule has 0 atom stereocenters. The Hall–Kier alpha value is -2.49. The van der Waals surface area contributed by atoms with Gasteiger partial charge >= 0.3 is 0 Å². The minimum Gasteiger partial charge on any atom is -0.493 e. The summed E-state index contributed by atoms with van der Waals surface area (Å²) in [6.45, 7) is 0.872. The number of halogens is 1. The number of ether oxygens (including phenoxy) is 3. The molecule has 10 heteroatoms. The number of nitrogens with one attached hydrogen (secondary N) is 1. The van der Waals surface area contributed by atoms with Gasteiger partial charge in [0.05, 0.1) is 38.3 Å². The van der Waals surface area contributed by atoms with Gasteiger partial charge in [0, 0.05) is 31.4 Å². The second-order valence-corrected chi connectivity index (χ2v) is 9.07. The van der Waals surface area contributed by atoms with E-state index in [2.05, 4.69) is 5.32 Å². The molecule has 2 aromatic carbocycles. The van der Waals surface area contributed by atoms with Crippen LogP contribution in [-0.2, 0) is 21.3 Å². The van der Waals surface area contributed by atoms with Crippen molar-refractivity contribution in [2.75, 3.05) is 45.0 Å². The molecule has 0 aliphatic heterocycles. The Morgan fingerprint density at radius 1 is 1.06 bits per heavy atom. The number of rotatable bonds is 11. The van der Waals surface area contributed by atoms with Crippen LogP contribution in [0.5, 0.6) is 11.5 Å². The molecule has 1 N–H and O–H groups in total. The number of sulfonamides is 1. The van der Waals surface area contributed by atoms with Crippen molar-refractivity contribution in [2.24, 2.45) is 0 Å². The van der Waals surface area contributed by atoms with E-state index in [4.69, 9.17) is 25.8 Å². The second kappa shape index (κ2) is 11.2. The second-order valence-electron chi connectivity index (χ2n) is 6.72. The summed E-state index contributed by atoms with van der Waals surface area (Å²) in [5.74, 6) is 0.184. The Balaban J connectivity index is 2.53. The first-order chi connectivity index (χ1) is 14.7. The molecule has 0 aliphatic carbocycles. The van der Waals surface area contributed by atoms with Gasteiger partial charge in [-0.1, -0.05) is 23.7 Å². The summed E-state index contributed by atoms with van der Waals surface area (Å²) in [6, 6.07) is 9.77. The molecule has 8 nitrogen and oxygen atoms in total. The summed E-state index contributed by atoms with van der Waals surface area (Å²) in [7, 11) is 0.711. The number of nitrogens with zero attached hydrogens (tertiary/aromatic N) is 1. The number of anilines is 1. The number of amides is 1. The molecule has 0 heterocycles. The molecular formula is C21H27ClN2O6S. The molecule has 170 valence electrons. The fourth-order valence-corrected chi connectivity index (χ4v) is 3.92. The largest absolute Gasteiger partial charge is 0.493 e. The van der Waals surface area contributed by atoms with Crippen molar-refractivity contribution in [3.05, 3.63) is 52.5 Å². The molecule has 0 saturated heterocycles. The first-order valence-electron chi connectivity index (χ1n) is 9.46. The number of hydrogen-bond acceptors (Lipinski definition) is 6. The highest BCUT2D eigenvalue weighted by Crippen LogP contribution is 2.37. The van der Waals surface area contributed by atoms with E-state index in [-0.39, 0.29) is 17.8 Å². The number of carbonyl (C=O) groups is 1. The van der Waals surface area contributed by atoms with Crippen LogP contribution >= 0.6 is 11.6 Å². The van der Waals surface area contributed by atoms with E-state index >= 15 is 0 Å². The van der Waals surface area contributed by atoms with Gasteiger partial charge in [0.1, 0.15) is 0 Å². The maximum absolute atomic E-state index is 12.9. The average Bonchev–Trinajstić information content (AvgIpc) is 2.74. The van der Waals surface area contributed by atoms with E-state index in [0.29, 0.717) is 41.7 Å². The highest BCUT2D eigenvalue weighted by Gasteiger charge is 2.26.